The summed E-state index contributed by atoms with van der Waals surface area (Å²) in [4.78, 5) is 0. The molecule has 0 saturated carbocycles. The molecule has 2 heterocycles. The molecule has 0 aliphatic carbocycles. The zero-order valence-electron chi connectivity index (χ0n) is 12.0. The molecule has 0 spiro atoms. The Kier molecular flexibility index (Phi) is 4.87. The van der Waals surface area contributed by atoms with Gasteiger partial charge in [0.05, 0.1) is 6.61 Å². The van der Waals surface area contributed by atoms with Gasteiger partial charge in [-0.3, -0.25) is 0 Å². The average molecular weight is 290 g/mol. The molecule has 2 saturated heterocycles. The molecule has 0 radical (unpaired) electrons. The topological polar surface area (TPSA) is 60.9 Å². The van der Waals surface area contributed by atoms with E-state index in [1.807, 2.05) is 0 Å². The first-order valence-corrected chi connectivity index (χ1v) is 8.77. The van der Waals surface area contributed by atoms with Crippen molar-refractivity contribution >= 4 is 10.2 Å². The number of rotatable bonds is 4. The summed E-state index contributed by atoms with van der Waals surface area (Å²) in [6.07, 6.45) is 4.57. The third kappa shape index (κ3) is 2.96. The number of hydrogen-bond acceptors (Lipinski definition) is 3. The van der Waals surface area contributed by atoms with Gasteiger partial charge in [0.2, 0.25) is 0 Å². The summed E-state index contributed by atoms with van der Waals surface area (Å²) in [7, 11) is -3.41. The van der Waals surface area contributed by atoms with Crippen LogP contribution in [0.5, 0.6) is 0 Å². The monoisotopic (exact) mass is 290 g/mol. The highest BCUT2D eigenvalue weighted by Crippen LogP contribution is 2.31. The van der Waals surface area contributed by atoms with Crippen molar-refractivity contribution in [3.8, 4) is 0 Å². The second-order valence-corrected chi connectivity index (χ2v) is 7.85. The number of hydrogen-bond donors (Lipinski definition) is 1. The Morgan fingerprint density at radius 2 is 1.79 bits per heavy atom. The van der Waals surface area contributed by atoms with Crippen molar-refractivity contribution in [2.24, 2.45) is 5.92 Å². The minimum Gasteiger partial charge on any atom is -0.395 e. The molecule has 2 atom stereocenters. The second-order valence-electron chi connectivity index (χ2n) is 6.01. The average Bonchev–Trinajstić information content (AvgIpc) is 2.88. The summed E-state index contributed by atoms with van der Waals surface area (Å²) in [6.45, 7) is 5.27. The first kappa shape index (κ1) is 15.2. The summed E-state index contributed by atoms with van der Waals surface area (Å²) in [5.41, 5.74) is 0. The van der Waals surface area contributed by atoms with Crippen LogP contribution in [0.2, 0.25) is 0 Å². The van der Waals surface area contributed by atoms with Crippen molar-refractivity contribution in [3.63, 3.8) is 0 Å². The van der Waals surface area contributed by atoms with Gasteiger partial charge >= 0.3 is 0 Å². The number of aliphatic hydroxyl groups excluding tert-OH is 1. The normalized spacial score (nSPS) is 31.2. The van der Waals surface area contributed by atoms with E-state index >= 15 is 0 Å². The molecule has 2 rings (SSSR count). The van der Waals surface area contributed by atoms with Crippen LogP contribution in [0.4, 0.5) is 0 Å². The summed E-state index contributed by atoms with van der Waals surface area (Å²) < 4.78 is 28.8. The zero-order valence-corrected chi connectivity index (χ0v) is 12.8. The minimum atomic E-state index is -3.41. The van der Waals surface area contributed by atoms with Gasteiger partial charge in [0.15, 0.2) is 0 Å². The van der Waals surface area contributed by atoms with Gasteiger partial charge in [-0.05, 0) is 31.6 Å². The van der Waals surface area contributed by atoms with E-state index in [1.165, 1.54) is 4.31 Å². The van der Waals surface area contributed by atoms with E-state index in [0.717, 1.165) is 32.1 Å². The fraction of sp³-hybridized carbons (Fsp3) is 1.00. The van der Waals surface area contributed by atoms with E-state index in [2.05, 4.69) is 13.8 Å². The minimum absolute atomic E-state index is 0.0700. The van der Waals surface area contributed by atoms with Crippen molar-refractivity contribution in [1.29, 1.82) is 0 Å². The summed E-state index contributed by atoms with van der Waals surface area (Å²) in [5.74, 6) is 0.342. The maximum absolute atomic E-state index is 12.8. The molecule has 0 amide bonds. The van der Waals surface area contributed by atoms with Crippen molar-refractivity contribution in [2.75, 3.05) is 19.7 Å². The molecule has 112 valence electrons. The third-order valence-corrected chi connectivity index (χ3v) is 6.51. The highest BCUT2D eigenvalue weighted by atomic mass is 32.2. The number of piperidine rings is 1. The SMILES string of the molecule is CC(C)C1CCCN1S(=O)(=O)N1CCCCC1CO. The molecule has 6 heteroatoms. The van der Waals surface area contributed by atoms with Crippen molar-refractivity contribution < 1.29 is 13.5 Å². The number of nitrogens with zero attached hydrogens (tertiary/aromatic N) is 2. The first-order valence-electron chi connectivity index (χ1n) is 7.38. The second kappa shape index (κ2) is 6.08. The van der Waals surface area contributed by atoms with E-state index in [9.17, 15) is 13.5 Å². The van der Waals surface area contributed by atoms with Gasteiger partial charge in [0.25, 0.3) is 10.2 Å². The highest BCUT2D eigenvalue weighted by molar-refractivity contribution is 7.86. The molecular weight excluding hydrogens is 264 g/mol. The van der Waals surface area contributed by atoms with Gasteiger partial charge in [-0.25, -0.2) is 0 Å². The predicted octanol–water partition coefficient (Wildman–Crippen LogP) is 1.20. The molecule has 2 unspecified atom stereocenters. The lowest BCUT2D eigenvalue weighted by atomic mass is 10.0. The zero-order chi connectivity index (χ0) is 14.0. The largest absolute Gasteiger partial charge is 0.395 e. The molecule has 2 aliphatic rings. The molecule has 1 N–H and O–H groups in total. The molecule has 5 nitrogen and oxygen atoms in total. The van der Waals surface area contributed by atoms with Crippen molar-refractivity contribution in [3.05, 3.63) is 0 Å². The summed E-state index contributed by atoms with van der Waals surface area (Å²) >= 11 is 0. The lowest BCUT2D eigenvalue weighted by molar-refractivity contribution is 0.145. The maximum Gasteiger partial charge on any atom is 0.282 e. The van der Waals surface area contributed by atoms with Crippen LogP contribution in [0.3, 0.4) is 0 Å². The van der Waals surface area contributed by atoms with Gasteiger partial charge < -0.3 is 5.11 Å². The molecule has 0 aromatic heterocycles. The molecule has 19 heavy (non-hydrogen) atoms. The quantitative estimate of drug-likeness (QED) is 0.846. The van der Waals surface area contributed by atoms with Crippen LogP contribution in [0.1, 0.15) is 46.0 Å². The van der Waals surface area contributed by atoms with Crippen LogP contribution in [0, 0.1) is 5.92 Å². The molecule has 0 aromatic carbocycles. The van der Waals surface area contributed by atoms with Crippen molar-refractivity contribution in [1.82, 2.24) is 8.61 Å². The van der Waals surface area contributed by atoms with Gasteiger partial charge in [-0.1, -0.05) is 20.3 Å². The lowest BCUT2D eigenvalue weighted by Gasteiger charge is -2.38. The molecular formula is C13H26N2O3S. The van der Waals surface area contributed by atoms with Gasteiger partial charge in [-0.2, -0.15) is 17.0 Å². The Morgan fingerprint density at radius 1 is 1.11 bits per heavy atom. The Labute approximate surface area is 116 Å². The molecule has 0 bridgehead atoms. The van der Waals surface area contributed by atoms with E-state index in [-0.39, 0.29) is 18.7 Å². The molecule has 0 aromatic rings. The third-order valence-electron chi connectivity index (χ3n) is 4.39. The van der Waals surface area contributed by atoms with E-state index < -0.39 is 10.2 Å². The van der Waals surface area contributed by atoms with Crippen LogP contribution in [-0.2, 0) is 10.2 Å². The van der Waals surface area contributed by atoms with Crippen LogP contribution >= 0.6 is 0 Å². The maximum atomic E-state index is 12.8. The molecule has 2 fully saturated rings. The van der Waals surface area contributed by atoms with E-state index in [4.69, 9.17) is 0 Å². The van der Waals surface area contributed by atoms with Crippen LogP contribution in [0.25, 0.3) is 0 Å². The fourth-order valence-electron chi connectivity index (χ4n) is 3.31. The summed E-state index contributed by atoms with van der Waals surface area (Å²) in [6, 6.07) is -0.113. The molecule has 2 aliphatic heterocycles. The van der Waals surface area contributed by atoms with Crippen molar-refractivity contribution in [2.45, 2.75) is 58.0 Å². The van der Waals surface area contributed by atoms with Crippen LogP contribution < -0.4 is 0 Å². The van der Waals surface area contributed by atoms with E-state index in [0.29, 0.717) is 19.0 Å². The predicted molar refractivity (Wildman–Crippen MR) is 74.9 cm³/mol. The Balaban J connectivity index is 2.20. The van der Waals surface area contributed by atoms with Gasteiger partial charge in [0.1, 0.15) is 0 Å². The van der Waals surface area contributed by atoms with Crippen LogP contribution in [-0.4, -0.2) is 53.9 Å². The van der Waals surface area contributed by atoms with Gasteiger partial charge in [0, 0.05) is 25.2 Å². The smallest absolute Gasteiger partial charge is 0.282 e. The standard InChI is InChI=1S/C13H26N2O3S/c1-11(2)13-7-5-9-15(13)19(17,18)14-8-4-3-6-12(14)10-16/h11-13,16H,3-10H2,1-2H3. The van der Waals surface area contributed by atoms with Gasteiger partial charge in [-0.15, -0.1) is 0 Å². The fourth-order valence-corrected chi connectivity index (χ4v) is 5.54. The highest BCUT2D eigenvalue weighted by Gasteiger charge is 2.42. The summed E-state index contributed by atoms with van der Waals surface area (Å²) in [5, 5.41) is 9.42. The Bertz CT molecular complexity index is 389. The van der Waals surface area contributed by atoms with E-state index in [1.54, 1.807) is 4.31 Å². The Hall–Kier alpha value is -0.170. The van der Waals surface area contributed by atoms with Crippen LogP contribution in [0.15, 0.2) is 0 Å². The lowest BCUT2D eigenvalue weighted by Crippen LogP contribution is -2.53. The Morgan fingerprint density at radius 3 is 2.42 bits per heavy atom. The first-order chi connectivity index (χ1) is 8.98. The number of aliphatic hydroxyl groups is 1.